The average Bonchev–Trinajstić information content (AvgIpc) is 3.33. The molecule has 5 N–H and O–H groups in total. The molecule has 0 amide bonds. The van der Waals surface area contributed by atoms with Crippen LogP contribution < -0.4 is 26.3 Å². The first-order valence-electron chi connectivity index (χ1n) is 11.6. The van der Waals surface area contributed by atoms with Crippen LogP contribution in [0.5, 0.6) is 0 Å². The maximum absolute atomic E-state index is 5.61. The zero-order valence-corrected chi connectivity index (χ0v) is 19.0. The third kappa shape index (κ3) is 4.97. The van der Waals surface area contributed by atoms with E-state index in [1.807, 2.05) is 6.07 Å². The summed E-state index contributed by atoms with van der Waals surface area (Å²) in [6.07, 6.45) is 4.58. The van der Waals surface area contributed by atoms with Gasteiger partial charge in [0.15, 0.2) is 5.82 Å². The molecule has 10 nitrogen and oxygen atoms in total. The molecule has 1 aliphatic carbocycles. The summed E-state index contributed by atoms with van der Waals surface area (Å²) in [4.78, 5) is 17.4. The van der Waals surface area contributed by atoms with Crippen LogP contribution in [0.15, 0.2) is 24.0 Å². The molecule has 32 heavy (non-hydrogen) atoms. The minimum Gasteiger partial charge on any atom is -0.411 e. The Hall–Kier alpha value is -2.85. The van der Waals surface area contributed by atoms with Crippen LogP contribution in [0.1, 0.15) is 45.2 Å². The number of aromatic amines is 1. The maximum Gasteiger partial charge on any atom is 0.227 e. The third-order valence-corrected chi connectivity index (χ3v) is 6.11. The number of nitrogens with one attached hydrogen (secondary N) is 5. The van der Waals surface area contributed by atoms with Gasteiger partial charge in [-0.3, -0.25) is 5.10 Å². The van der Waals surface area contributed by atoms with Crippen LogP contribution in [0.3, 0.4) is 0 Å². The summed E-state index contributed by atoms with van der Waals surface area (Å²) in [5.74, 6) is 4.90. The summed E-state index contributed by atoms with van der Waals surface area (Å²) in [7, 11) is 0. The molecule has 2 atom stereocenters. The molecular weight excluding hydrogens is 406 g/mol. The molecular formula is C22H33N9O. The van der Waals surface area contributed by atoms with Crippen molar-refractivity contribution in [3.8, 4) is 0 Å². The third-order valence-electron chi connectivity index (χ3n) is 6.11. The zero-order chi connectivity index (χ0) is 22.1. The Morgan fingerprint density at radius 3 is 2.84 bits per heavy atom. The molecule has 0 spiro atoms. The van der Waals surface area contributed by atoms with Crippen LogP contribution >= 0.6 is 0 Å². The number of aromatic nitrogens is 4. The lowest BCUT2D eigenvalue weighted by Crippen LogP contribution is -2.49. The second kappa shape index (κ2) is 8.95. The van der Waals surface area contributed by atoms with Gasteiger partial charge in [-0.25, -0.2) is 0 Å². The first-order valence-corrected chi connectivity index (χ1v) is 11.6. The van der Waals surface area contributed by atoms with E-state index in [1.165, 1.54) is 18.5 Å². The number of nitrogens with zero attached hydrogens (tertiary/aromatic N) is 4. The summed E-state index contributed by atoms with van der Waals surface area (Å²) in [6.45, 7) is 9.78. The van der Waals surface area contributed by atoms with Gasteiger partial charge in [0.1, 0.15) is 17.4 Å². The fraction of sp³-hybridized carbons (Fsp3) is 0.591. The number of rotatable bonds is 8. The molecule has 1 saturated heterocycles. The standard InChI is InChI=1S/C22H33N9O/c1-13(2)17-8-16(32-30-17)11-24-22-26-19(25-20-9-18(28-29-20)15-4-5-15)10-21(27-22)31-7-6-23-14(3)12-31/h8-10,13-15,17,23,30H,4-7,11-12H2,1-3H3,(H3,24,25,26,27,28,29)/t14-,17?/m1/s1. The summed E-state index contributed by atoms with van der Waals surface area (Å²) < 4.78 is 0. The van der Waals surface area contributed by atoms with Gasteiger partial charge in [-0.05, 0) is 31.8 Å². The maximum atomic E-state index is 5.61. The zero-order valence-electron chi connectivity index (χ0n) is 19.0. The van der Waals surface area contributed by atoms with E-state index in [-0.39, 0.29) is 6.04 Å². The molecule has 2 aromatic rings. The van der Waals surface area contributed by atoms with Crippen molar-refractivity contribution in [2.45, 2.75) is 51.6 Å². The van der Waals surface area contributed by atoms with E-state index in [1.54, 1.807) is 0 Å². The molecule has 0 bridgehead atoms. The van der Waals surface area contributed by atoms with Crippen LogP contribution in [-0.2, 0) is 4.84 Å². The Labute approximate surface area is 188 Å². The number of piperazine rings is 1. The first kappa shape index (κ1) is 21.0. The second-order valence-electron chi connectivity index (χ2n) is 9.32. The van der Waals surface area contributed by atoms with E-state index >= 15 is 0 Å². The molecule has 3 aliphatic rings. The molecule has 0 radical (unpaired) electrons. The molecule has 1 saturated carbocycles. The largest absolute Gasteiger partial charge is 0.411 e. The SMILES string of the molecule is CC(C)C1C=C(CNc2nc(Nc3cc(C4CC4)[nH]n3)cc(N3CCN[C@H](C)C3)n2)ON1. The van der Waals surface area contributed by atoms with Crippen LogP contribution in [0.2, 0.25) is 0 Å². The Morgan fingerprint density at radius 1 is 1.22 bits per heavy atom. The molecule has 10 heteroatoms. The van der Waals surface area contributed by atoms with E-state index < -0.39 is 0 Å². The normalized spacial score (nSPS) is 23.2. The average molecular weight is 440 g/mol. The van der Waals surface area contributed by atoms with Crippen molar-refractivity contribution in [3.05, 3.63) is 29.7 Å². The van der Waals surface area contributed by atoms with Crippen molar-refractivity contribution in [2.75, 3.05) is 41.7 Å². The van der Waals surface area contributed by atoms with Crippen LogP contribution in [0.25, 0.3) is 0 Å². The van der Waals surface area contributed by atoms with Gasteiger partial charge in [0.25, 0.3) is 0 Å². The highest BCUT2D eigenvalue weighted by molar-refractivity contribution is 5.60. The van der Waals surface area contributed by atoms with Crippen molar-refractivity contribution >= 4 is 23.4 Å². The fourth-order valence-corrected chi connectivity index (χ4v) is 4.02. The Kier molecular flexibility index (Phi) is 5.88. The smallest absolute Gasteiger partial charge is 0.227 e. The summed E-state index contributed by atoms with van der Waals surface area (Å²) in [5, 5.41) is 17.7. The first-order chi connectivity index (χ1) is 15.5. The van der Waals surface area contributed by atoms with Gasteiger partial charge in [-0.15, -0.1) is 5.48 Å². The van der Waals surface area contributed by atoms with Crippen molar-refractivity contribution < 1.29 is 4.84 Å². The van der Waals surface area contributed by atoms with Gasteiger partial charge >= 0.3 is 0 Å². The van der Waals surface area contributed by atoms with Crippen molar-refractivity contribution in [2.24, 2.45) is 5.92 Å². The number of hydroxylamine groups is 1. The quantitative estimate of drug-likeness (QED) is 0.423. The number of H-pyrrole nitrogens is 1. The van der Waals surface area contributed by atoms with E-state index in [0.717, 1.165) is 42.8 Å². The molecule has 0 aromatic carbocycles. The number of anilines is 4. The van der Waals surface area contributed by atoms with Crippen LogP contribution in [0, 0.1) is 5.92 Å². The van der Waals surface area contributed by atoms with E-state index in [4.69, 9.17) is 14.8 Å². The highest BCUT2D eigenvalue weighted by atomic mass is 16.7. The number of hydrogen-bond donors (Lipinski definition) is 5. The monoisotopic (exact) mass is 439 g/mol. The minimum atomic E-state index is 0.221. The molecule has 1 unspecified atom stereocenters. The molecule has 2 aromatic heterocycles. The molecule has 172 valence electrons. The highest BCUT2D eigenvalue weighted by Crippen LogP contribution is 2.39. The molecule has 5 rings (SSSR count). The van der Waals surface area contributed by atoms with Gasteiger partial charge in [0.2, 0.25) is 5.95 Å². The predicted molar refractivity (Wildman–Crippen MR) is 125 cm³/mol. The molecule has 4 heterocycles. The van der Waals surface area contributed by atoms with Gasteiger partial charge in [-0.2, -0.15) is 15.1 Å². The van der Waals surface area contributed by atoms with Gasteiger partial charge in [-0.1, -0.05) is 13.8 Å². The predicted octanol–water partition coefficient (Wildman–Crippen LogP) is 2.47. The topological polar surface area (TPSA) is 115 Å². The Balaban J connectivity index is 1.34. The minimum absolute atomic E-state index is 0.221. The summed E-state index contributed by atoms with van der Waals surface area (Å²) >= 11 is 0. The Bertz CT molecular complexity index is 968. The molecule has 2 fully saturated rings. The summed E-state index contributed by atoms with van der Waals surface area (Å²) in [6, 6.07) is 4.71. The van der Waals surface area contributed by atoms with Gasteiger partial charge in [0, 0.05) is 49.4 Å². The van der Waals surface area contributed by atoms with Crippen molar-refractivity contribution in [1.29, 1.82) is 0 Å². The molecule has 2 aliphatic heterocycles. The van der Waals surface area contributed by atoms with Gasteiger partial charge in [0.05, 0.1) is 12.6 Å². The lowest BCUT2D eigenvalue weighted by molar-refractivity contribution is 0.104. The van der Waals surface area contributed by atoms with Gasteiger partial charge < -0.3 is 25.7 Å². The Morgan fingerprint density at radius 2 is 2.09 bits per heavy atom. The van der Waals surface area contributed by atoms with Crippen LogP contribution in [-0.4, -0.2) is 58.4 Å². The lowest BCUT2D eigenvalue weighted by atomic mass is 10.1. The second-order valence-corrected chi connectivity index (χ2v) is 9.32. The fourth-order valence-electron chi connectivity index (χ4n) is 4.02. The van der Waals surface area contributed by atoms with E-state index in [0.29, 0.717) is 30.4 Å². The lowest BCUT2D eigenvalue weighted by Gasteiger charge is -2.33. The van der Waals surface area contributed by atoms with Crippen molar-refractivity contribution in [1.82, 2.24) is 31.0 Å². The number of hydrogen-bond acceptors (Lipinski definition) is 9. The summed E-state index contributed by atoms with van der Waals surface area (Å²) in [5.41, 5.74) is 4.25. The van der Waals surface area contributed by atoms with Crippen LogP contribution in [0.4, 0.5) is 23.4 Å². The van der Waals surface area contributed by atoms with Crippen molar-refractivity contribution in [3.63, 3.8) is 0 Å². The van der Waals surface area contributed by atoms with E-state index in [2.05, 4.69) is 69.4 Å². The van der Waals surface area contributed by atoms with E-state index in [9.17, 15) is 0 Å². The highest BCUT2D eigenvalue weighted by Gasteiger charge is 2.26.